The second kappa shape index (κ2) is 4.53. The Morgan fingerprint density at radius 3 is 2.82 bits per heavy atom. The van der Waals surface area contributed by atoms with E-state index in [0.29, 0.717) is 17.9 Å². The molecule has 17 heavy (non-hydrogen) atoms. The van der Waals surface area contributed by atoms with E-state index >= 15 is 0 Å². The third-order valence-corrected chi connectivity index (χ3v) is 4.97. The van der Waals surface area contributed by atoms with Crippen molar-refractivity contribution in [1.82, 2.24) is 10.2 Å². The lowest BCUT2D eigenvalue weighted by atomic mass is 9.96. The topological polar surface area (TPSA) is 38.2 Å². The molecule has 0 amide bonds. The van der Waals surface area contributed by atoms with Gasteiger partial charge in [-0.05, 0) is 25.2 Å². The van der Waals surface area contributed by atoms with Crippen LogP contribution in [-0.2, 0) is 4.74 Å². The van der Waals surface area contributed by atoms with Gasteiger partial charge in [0.2, 0.25) is 5.13 Å². The fourth-order valence-electron chi connectivity index (χ4n) is 2.36. The molecule has 0 radical (unpaired) electrons. The van der Waals surface area contributed by atoms with E-state index in [-0.39, 0.29) is 0 Å². The number of rotatable bonds is 3. The first-order valence-electron chi connectivity index (χ1n) is 6.39. The monoisotopic (exact) mass is 253 g/mol. The van der Waals surface area contributed by atoms with Gasteiger partial charge >= 0.3 is 0 Å². The van der Waals surface area contributed by atoms with Crippen LogP contribution in [0.25, 0.3) is 0 Å². The summed E-state index contributed by atoms with van der Waals surface area (Å²) in [6.07, 6.45) is 4.10. The second-order valence-electron chi connectivity index (χ2n) is 5.18. The summed E-state index contributed by atoms with van der Waals surface area (Å²) in [5.74, 6) is 1.36. The molecule has 94 valence electrons. The largest absolute Gasteiger partial charge is 0.379 e. The van der Waals surface area contributed by atoms with E-state index in [4.69, 9.17) is 4.74 Å². The quantitative estimate of drug-likeness (QED) is 0.828. The number of hydrogen-bond acceptors (Lipinski definition) is 5. The van der Waals surface area contributed by atoms with Crippen LogP contribution in [0.3, 0.4) is 0 Å². The lowest BCUT2D eigenvalue weighted by Gasteiger charge is -2.35. The second-order valence-corrected chi connectivity index (χ2v) is 6.17. The van der Waals surface area contributed by atoms with Gasteiger partial charge in [0.25, 0.3) is 0 Å². The Bertz CT molecular complexity index is 391. The number of aromatic nitrogens is 2. The Morgan fingerprint density at radius 2 is 2.12 bits per heavy atom. The molecular weight excluding hydrogens is 234 g/mol. The smallest absolute Gasteiger partial charge is 0.208 e. The minimum atomic E-state index is 0.331. The Balaban J connectivity index is 1.70. The zero-order valence-electron chi connectivity index (χ0n) is 10.4. The molecule has 0 spiro atoms. The Kier molecular flexibility index (Phi) is 3.04. The van der Waals surface area contributed by atoms with Gasteiger partial charge < -0.3 is 9.64 Å². The molecule has 2 heterocycles. The van der Waals surface area contributed by atoms with Gasteiger partial charge in [0.15, 0.2) is 0 Å². The third kappa shape index (κ3) is 2.31. The van der Waals surface area contributed by atoms with Crippen LogP contribution < -0.4 is 4.90 Å². The summed E-state index contributed by atoms with van der Waals surface area (Å²) >= 11 is 1.77. The van der Waals surface area contributed by atoms with E-state index in [0.717, 1.165) is 18.2 Å². The number of anilines is 1. The van der Waals surface area contributed by atoms with Gasteiger partial charge in [-0.25, -0.2) is 0 Å². The summed E-state index contributed by atoms with van der Waals surface area (Å²) in [6.45, 7) is 4.30. The number of hydrogen-bond donors (Lipinski definition) is 0. The summed E-state index contributed by atoms with van der Waals surface area (Å²) in [4.78, 5) is 2.33. The fourth-order valence-corrected chi connectivity index (χ4v) is 3.41. The lowest BCUT2D eigenvalue weighted by molar-refractivity contribution is 0.0498. The maximum atomic E-state index is 5.54. The van der Waals surface area contributed by atoms with Crippen molar-refractivity contribution in [2.24, 2.45) is 5.92 Å². The average Bonchev–Trinajstić information content (AvgIpc) is 3.08. The SMILES string of the molecule is COC1CN(c2nnc(C3CC3)s2)CCC1C. The summed E-state index contributed by atoms with van der Waals surface area (Å²) < 4.78 is 5.54. The summed E-state index contributed by atoms with van der Waals surface area (Å²) in [5.41, 5.74) is 0. The lowest BCUT2D eigenvalue weighted by Crippen LogP contribution is -2.43. The van der Waals surface area contributed by atoms with Gasteiger partial charge in [-0.1, -0.05) is 18.3 Å². The third-order valence-electron chi connectivity index (χ3n) is 3.82. The van der Waals surface area contributed by atoms with Gasteiger partial charge in [-0.3, -0.25) is 0 Å². The first kappa shape index (κ1) is 11.4. The van der Waals surface area contributed by atoms with Crippen molar-refractivity contribution in [1.29, 1.82) is 0 Å². The molecule has 2 unspecified atom stereocenters. The summed E-state index contributed by atoms with van der Waals surface area (Å²) in [7, 11) is 1.81. The molecule has 1 aliphatic carbocycles. The van der Waals surface area contributed by atoms with E-state index < -0.39 is 0 Å². The van der Waals surface area contributed by atoms with E-state index in [1.54, 1.807) is 18.4 Å². The van der Waals surface area contributed by atoms with Crippen LogP contribution >= 0.6 is 11.3 Å². The minimum Gasteiger partial charge on any atom is -0.379 e. The van der Waals surface area contributed by atoms with Crippen LogP contribution in [0.4, 0.5) is 5.13 Å². The van der Waals surface area contributed by atoms with Gasteiger partial charge in [0.1, 0.15) is 5.01 Å². The molecule has 1 saturated heterocycles. The molecule has 2 fully saturated rings. The molecule has 4 nitrogen and oxygen atoms in total. The molecule has 1 aromatic rings. The average molecular weight is 253 g/mol. The highest BCUT2D eigenvalue weighted by Gasteiger charge is 2.31. The minimum absolute atomic E-state index is 0.331. The molecule has 0 N–H and O–H groups in total. The predicted molar refractivity (Wildman–Crippen MR) is 68.7 cm³/mol. The molecule has 3 rings (SSSR count). The van der Waals surface area contributed by atoms with Crippen molar-refractivity contribution in [3.63, 3.8) is 0 Å². The number of nitrogens with zero attached hydrogens (tertiary/aromatic N) is 3. The highest BCUT2D eigenvalue weighted by Crippen LogP contribution is 2.42. The maximum absolute atomic E-state index is 5.54. The zero-order valence-corrected chi connectivity index (χ0v) is 11.2. The van der Waals surface area contributed by atoms with Crippen molar-refractivity contribution >= 4 is 16.5 Å². The van der Waals surface area contributed by atoms with Crippen LogP contribution in [0, 0.1) is 5.92 Å². The molecule has 1 aromatic heterocycles. The number of piperidine rings is 1. The Morgan fingerprint density at radius 1 is 1.29 bits per heavy atom. The zero-order chi connectivity index (χ0) is 11.8. The number of methoxy groups -OCH3 is 1. The summed E-state index contributed by atoms with van der Waals surface area (Å²) in [6, 6.07) is 0. The molecule has 5 heteroatoms. The highest BCUT2D eigenvalue weighted by molar-refractivity contribution is 7.15. The fraction of sp³-hybridized carbons (Fsp3) is 0.833. The molecule has 0 bridgehead atoms. The van der Waals surface area contributed by atoms with E-state index in [1.807, 2.05) is 0 Å². The predicted octanol–water partition coefficient (Wildman–Crippen LogP) is 2.28. The Hall–Kier alpha value is -0.680. The highest BCUT2D eigenvalue weighted by atomic mass is 32.1. The standard InChI is InChI=1S/C12H19N3OS/c1-8-5-6-15(7-10(8)16-2)12-14-13-11(17-12)9-3-4-9/h8-10H,3-7H2,1-2H3. The van der Waals surface area contributed by atoms with Gasteiger partial charge in [0, 0.05) is 26.1 Å². The van der Waals surface area contributed by atoms with E-state index in [9.17, 15) is 0 Å². The van der Waals surface area contributed by atoms with Crippen LogP contribution in [0.2, 0.25) is 0 Å². The molecule has 2 atom stereocenters. The van der Waals surface area contributed by atoms with Crippen molar-refractivity contribution in [3.8, 4) is 0 Å². The van der Waals surface area contributed by atoms with Crippen LogP contribution in [0.1, 0.15) is 37.1 Å². The molecule has 2 aliphatic rings. The van der Waals surface area contributed by atoms with Crippen molar-refractivity contribution in [3.05, 3.63) is 5.01 Å². The molecular formula is C12H19N3OS. The Labute approximate surface area is 106 Å². The van der Waals surface area contributed by atoms with Gasteiger partial charge in [0.05, 0.1) is 6.10 Å². The van der Waals surface area contributed by atoms with Crippen molar-refractivity contribution in [2.45, 2.75) is 38.2 Å². The number of ether oxygens (including phenoxy) is 1. The first-order valence-corrected chi connectivity index (χ1v) is 7.20. The van der Waals surface area contributed by atoms with Crippen LogP contribution in [-0.4, -0.2) is 36.5 Å². The normalized spacial score (nSPS) is 29.6. The molecule has 1 saturated carbocycles. The summed E-state index contributed by atoms with van der Waals surface area (Å²) in [5, 5.41) is 11.0. The molecule has 1 aliphatic heterocycles. The molecule has 0 aromatic carbocycles. The maximum Gasteiger partial charge on any atom is 0.208 e. The van der Waals surface area contributed by atoms with Crippen LogP contribution in [0.5, 0.6) is 0 Å². The first-order chi connectivity index (χ1) is 8.28. The van der Waals surface area contributed by atoms with Gasteiger partial charge in [-0.2, -0.15) is 0 Å². The van der Waals surface area contributed by atoms with Crippen molar-refractivity contribution in [2.75, 3.05) is 25.1 Å². The van der Waals surface area contributed by atoms with Crippen molar-refractivity contribution < 1.29 is 4.74 Å². The van der Waals surface area contributed by atoms with E-state index in [1.165, 1.54) is 24.3 Å². The van der Waals surface area contributed by atoms with Crippen LogP contribution in [0.15, 0.2) is 0 Å². The van der Waals surface area contributed by atoms with E-state index in [2.05, 4.69) is 22.0 Å². The van der Waals surface area contributed by atoms with Gasteiger partial charge in [-0.15, -0.1) is 10.2 Å².